The van der Waals surface area contributed by atoms with E-state index in [1.807, 2.05) is 12.4 Å². The molecule has 4 heteroatoms. The van der Waals surface area contributed by atoms with Gasteiger partial charge in [0.1, 0.15) is 5.82 Å². The molecule has 1 aromatic rings. The van der Waals surface area contributed by atoms with Gasteiger partial charge in [-0.2, -0.15) is 0 Å². The van der Waals surface area contributed by atoms with E-state index < -0.39 is 0 Å². The Morgan fingerprint density at radius 3 is 3.29 bits per heavy atom. The van der Waals surface area contributed by atoms with Crippen molar-refractivity contribution in [1.82, 2.24) is 9.55 Å². The van der Waals surface area contributed by atoms with Gasteiger partial charge in [0.05, 0.1) is 12.6 Å². The lowest BCUT2D eigenvalue weighted by atomic mass is 10.0. The molecule has 2 atom stereocenters. The van der Waals surface area contributed by atoms with Gasteiger partial charge in [-0.25, -0.2) is 4.98 Å². The van der Waals surface area contributed by atoms with E-state index in [-0.39, 0.29) is 12.1 Å². The monoisotopic (exact) mass is 195 g/mol. The van der Waals surface area contributed by atoms with Crippen molar-refractivity contribution in [3.05, 3.63) is 18.2 Å². The maximum absolute atomic E-state index is 6.07. The average Bonchev–Trinajstić information content (AvgIpc) is 2.66. The number of rotatable bonds is 2. The zero-order chi connectivity index (χ0) is 9.97. The lowest BCUT2D eigenvalue weighted by molar-refractivity contribution is 0.0458. The van der Waals surface area contributed by atoms with Crippen LogP contribution in [-0.2, 0) is 11.2 Å². The van der Waals surface area contributed by atoms with Crippen LogP contribution >= 0.6 is 0 Å². The summed E-state index contributed by atoms with van der Waals surface area (Å²) in [6, 6.07) is 0.462. The molecule has 2 N–H and O–H groups in total. The molecule has 2 unspecified atom stereocenters. The maximum Gasteiger partial charge on any atom is 0.108 e. The second-order valence-corrected chi connectivity index (χ2v) is 3.70. The molecule has 0 saturated carbocycles. The fourth-order valence-corrected chi connectivity index (χ4v) is 1.95. The first-order chi connectivity index (χ1) is 6.83. The van der Waals surface area contributed by atoms with E-state index in [9.17, 15) is 0 Å². The van der Waals surface area contributed by atoms with Crippen LogP contribution in [0.5, 0.6) is 0 Å². The minimum atomic E-state index is 0.197. The molecule has 4 nitrogen and oxygen atoms in total. The minimum absolute atomic E-state index is 0.197. The summed E-state index contributed by atoms with van der Waals surface area (Å²) in [6.45, 7) is 3.60. The Bertz CT molecular complexity index is 297. The van der Waals surface area contributed by atoms with Crippen LogP contribution in [0.25, 0.3) is 0 Å². The van der Waals surface area contributed by atoms with E-state index in [2.05, 4.69) is 16.5 Å². The van der Waals surface area contributed by atoms with Gasteiger partial charge in [0.2, 0.25) is 0 Å². The van der Waals surface area contributed by atoms with E-state index in [1.165, 1.54) is 0 Å². The van der Waals surface area contributed by atoms with E-state index in [4.69, 9.17) is 10.5 Å². The third-order valence-electron chi connectivity index (χ3n) is 2.80. The summed E-state index contributed by atoms with van der Waals surface area (Å²) in [5.41, 5.74) is 6.07. The number of ether oxygens (including phenoxy) is 1. The van der Waals surface area contributed by atoms with Gasteiger partial charge in [-0.05, 0) is 6.42 Å². The number of aryl methyl sites for hydroxylation is 1. The highest BCUT2D eigenvalue weighted by molar-refractivity contribution is 4.98. The first-order valence-electron chi connectivity index (χ1n) is 5.18. The van der Waals surface area contributed by atoms with Crippen LogP contribution in [0.3, 0.4) is 0 Å². The lowest BCUT2D eigenvalue weighted by Gasteiger charge is -2.30. The Kier molecular flexibility index (Phi) is 2.84. The van der Waals surface area contributed by atoms with Crippen molar-refractivity contribution in [3.63, 3.8) is 0 Å². The first kappa shape index (κ1) is 9.68. The number of nitrogens with two attached hydrogens (primary N) is 1. The molecular formula is C10H17N3O. The summed E-state index contributed by atoms with van der Waals surface area (Å²) in [6.07, 6.45) is 5.71. The second kappa shape index (κ2) is 4.11. The highest BCUT2D eigenvalue weighted by Gasteiger charge is 2.24. The molecule has 0 aromatic carbocycles. The summed E-state index contributed by atoms with van der Waals surface area (Å²) in [5.74, 6) is 1.09. The van der Waals surface area contributed by atoms with Crippen molar-refractivity contribution in [1.29, 1.82) is 0 Å². The zero-order valence-corrected chi connectivity index (χ0v) is 8.52. The summed E-state index contributed by atoms with van der Waals surface area (Å²) in [7, 11) is 0. The molecule has 1 fully saturated rings. The van der Waals surface area contributed by atoms with Gasteiger partial charge in [-0.1, -0.05) is 6.92 Å². The van der Waals surface area contributed by atoms with Crippen molar-refractivity contribution in [2.75, 3.05) is 13.2 Å². The highest BCUT2D eigenvalue weighted by atomic mass is 16.5. The van der Waals surface area contributed by atoms with E-state index in [0.717, 1.165) is 25.3 Å². The Balaban J connectivity index is 2.20. The molecule has 0 spiro atoms. The number of nitrogens with zero attached hydrogens (tertiary/aromatic N) is 2. The fraction of sp³-hybridized carbons (Fsp3) is 0.700. The van der Waals surface area contributed by atoms with Gasteiger partial charge in [-0.15, -0.1) is 0 Å². The van der Waals surface area contributed by atoms with Gasteiger partial charge in [-0.3, -0.25) is 0 Å². The molecule has 1 saturated heterocycles. The zero-order valence-electron chi connectivity index (χ0n) is 8.52. The number of hydrogen-bond donors (Lipinski definition) is 1. The molecule has 1 aliphatic rings. The quantitative estimate of drug-likeness (QED) is 0.757. The SMILES string of the molecule is CCc1nccn1C1COCCC1N. The van der Waals surface area contributed by atoms with E-state index in [0.29, 0.717) is 6.61 Å². The Morgan fingerprint density at radius 1 is 1.71 bits per heavy atom. The smallest absolute Gasteiger partial charge is 0.108 e. The van der Waals surface area contributed by atoms with Gasteiger partial charge in [0.15, 0.2) is 0 Å². The van der Waals surface area contributed by atoms with Crippen molar-refractivity contribution in [2.24, 2.45) is 5.73 Å². The highest BCUT2D eigenvalue weighted by Crippen LogP contribution is 2.20. The summed E-state index contributed by atoms with van der Waals surface area (Å²) >= 11 is 0. The Morgan fingerprint density at radius 2 is 2.57 bits per heavy atom. The lowest BCUT2D eigenvalue weighted by Crippen LogP contribution is -2.40. The summed E-state index contributed by atoms with van der Waals surface area (Å²) < 4.78 is 7.60. The Labute approximate surface area is 84.1 Å². The van der Waals surface area contributed by atoms with E-state index in [1.54, 1.807) is 0 Å². The minimum Gasteiger partial charge on any atom is -0.379 e. The summed E-state index contributed by atoms with van der Waals surface area (Å²) in [4.78, 5) is 4.30. The molecule has 0 bridgehead atoms. The van der Waals surface area contributed by atoms with Crippen LogP contribution in [0.2, 0.25) is 0 Å². The van der Waals surface area contributed by atoms with Crippen LogP contribution in [-0.4, -0.2) is 28.8 Å². The molecule has 78 valence electrons. The number of imidazole rings is 1. The predicted octanol–water partition coefficient (Wildman–Crippen LogP) is 0.734. The van der Waals surface area contributed by atoms with Crippen LogP contribution in [0.4, 0.5) is 0 Å². The predicted molar refractivity (Wildman–Crippen MR) is 54.1 cm³/mol. The van der Waals surface area contributed by atoms with Gasteiger partial charge in [0.25, 0.3) is 0 Å². The third-order valence-corrected chi connectivity index (χ3v) is 2.80. The average molecular weight is 195 g/mol. The molecule has 2 rings (SSSR count). The standard InChI is InChI=1S/C10H17N3O/c1-2-10-12-4-5-13(10)9-7-14-6-3-8(9)11/h4-5,8-9H,2-3,6-7,11H2,1H3. The molecule has 2 heterocycles. The fourth-order valence-electron chi connectivity index (χ4n) is 1.95. The molecule has 1 aliphatic heterocycles. The molecule has 1 aromatic heterocycles. The van der Waals surface area contributed by atoms with Crippen LogP contribution in [0.15, 0.2) is 12.4 Å². The van der Waals surface area contributed by atoms with Gasteiger partial charge >= 0.3 is 0 Å². The van der Waals surface area contributed by atoms with Crippen molar-refractivity contribution in [2.45, 2.75) is 31.8 Å². The normalized spacial score (nSPS) is 27.9. The number of aromatic nitrogens is 2. The van der Waals surface area contributed by atoms with Crippen LogP contribution in [0.1, 0.15) is 25.2 Å². The molecule has 0 amide bonds. The van der Waals surface area contributed by atoms with Crippen LogP contribution < -0.4 is 5.73 Å². The van der Waals surface area contributed by atoms with Gasteiger partial charge < -0.3 is 15.0 Å². The number of hydrogen-bond acceptors (Lipinski definition) is 3. The second-order valence-electron chi connectivity index (χ2n) is 3.70. The summed E-state index contributed by atoms with van der Waals surface area (Å²) in [5, 5.41) is 0. The first-order valence-corrected chi connectivity index (χ1v) is 5.18. The molecule has 0 radical (unpaired) electrons. The maximum atomic E-state index is 6.07. The van der Waals surface area contributed by atoms with Crippen molar-refractivity contribution < 1.29 is 4.74 Å². The van der Waals surface area contributed by atoms with Crippen molar-refractivity contribution in [3.8, 4) is 0 Å². The van der Waals surface area contributed by atoms with Gasteiger partial charge in [0, 0.05) is 31.5 Å². The molecule has 14 heavy (non-hydrogen) atoms. The van der Waals surface area contributed by atoms with E-state index >= 15 is 0 Å². The van der Waals surface area contributed by atoms with Crippen LogP contribution in [0, 0.1) is 0 Å². The third kappa shape index (κ3) is 1.67. The molecule has 0 aliphatic carbocycles. The van der Waals surface area contributed by atoms with Crippen molar-refractivity contribution >= 4 is 0 Å². The topological polar surface area (TPSA) is 53.1 Å². The molecular weight excluding hydrogens is 178 g/mol. The largest absolute Gasteiger partial charge is 0.379 e. The Hall–Kier alpha value is -0.870.